The molecule has 0 aliphatic carbocycles. The number of benzene rings is 2. The Morgan fingerprint density at radius 3 is 2.17 bits per heavy atom. The van der Waals surface area contributed by atoms with Gasteiger partial charge in [0.15, 0.2) is 5.75 Å². The first-order chi connectivity index (χ1) is 8.58. The second-order valence-corrected chi connectivity index (χ2v) is 4.63. The Labute approximate surface area is 115 Å². The van der Waals surface area contributed by atoms with Crippen molar-refractivity contribution in [3.05, 3.63) is 63.6 Å². The van der Waals surface area contributed by atoms with Crippen LogP contribution in [0.3, 0.4) is 0 Å². The van der Waals surface area contributed by atoms with Crippen LogP contribution in [0.1, 0.15) is 15.9 Å². The fourth-order valence-electron chi connectivity index (χ4n) is 1.51. The van der Waals surface area contributed by atoms with Crippen molar-refractivity contribution in [3.8, 4) is 5.75 Å². The van der Waals surface area contributed by atoms with Crippen LogP contribution in [0, 0.1) is 6.92 Å². The highest BCUT2D eigenvalue weighted by molar-refractivity contribution is 6.37. The maximum atomic E-state index is 11.9. The van der Waals surface area contributed by atoms with Crippen molar-refractivity contribution >= 4 is 29.2 Å². The minimum atomic E-state index is -0.483. The van der Waals surface area contributed by atoms with E-state index in [1.165, 1.54) is 0 Å². The van der Waals surface area contributed by atoms with Crippen molar-refractivity contribution in [1.82, 2.24) is 0 Å². The zero-order valence-corrected chi connectivity index (χ0v) is 11.1. The standard InChI is InChI=1S/C14H10Cl2O2/c1-9-7-11(15)13(12(16)8-9)18-14(17)10-5-3-2-4-6-10/h2-8H,1H3. The van der Waals surface area contributed by atoms with Crippen molar-refractivity contribution in [3.63, 3.8) is 0 Å². The summed E-state index contributed by atoms with van der Waals surface area (Å²) >= 11 is 12.0. The van der Waals surface area contributed by atoms with E-state index in [4.69, 9.17) is 27.9 Å². The highest BCUT2D eigenvalue weighted by Crippen LogP contribution is 2.34. The predicted octanol–water partition coefficient (Wildman–Crippen LogP) is 4.52. The van der Waals surface area contributed by atoms with E-state index in [1.807, 2.05) is 13.0 Å². The third-order valence-electron chi connectivity index (χ3n) is 2.35. The number of hydrogen-bond acceptors (Lipinski definition) is 2. The molecule has 0 saturated heterocycles. The summed E-state index contributed by atoms with van der Waals surface area (Å²) < 4.78 is 5.21. The number of aryl methyl sites for hydroxylation is 1. The first kappa shape index (κ1) is 12.9. The Hall–Kier alpha value is -1.51. The lowest BCUT2D eigenvalue weighted by atomic mass is 10.2. The van der Waals surface area contributed by atoms with Crippen molar-refractivity contribution in [2.75, 3.05) is 0 Å². The first-order valence-electron chi connectivity index (χ1n) is 5.31. The minimum Gasteiger partial charge on any atom is -0.420 e. The van der Waals surface area contributed by atoms with E-state index < -0.39 is 5.97 Å². The van der Waals surface area contributed by atoms with Gasteiger partial charge in [-0.25, -0.2) is 4.79 Å². The minimum absolute atomic E-state index is 0.192. The van der Waals surface area contributed by atoms with Gasteiger partial charge in [0, 0.05) is 0 Å². The van der Waals surface area contributed by atoms with E-state index in [1.54, 1.807) is 36.4 Å². The predicted molar refractivity (Wildman–Crippen MR) is 72.6 cm³/mol. The zero-order valence-electron chi connectivity index (χ0n) is 9.61. The molecular formula is C14H10Cl2O2. The van der Waals surface area contributed by atoms with Crippen molar-refractivity contribution in [1.29, 1.82) is 0 Å². The van der Waals surface area contributed by atoms with Crippen LogP contribution in [0.2, 0.25) is 10.0 Å². The molecule has 0 fully saturated rings. The Balaban J connectivity index is 2.28. The normalized spacial score (nSPS) is 10.2. The molecule has 0 amide bonds. The highest BCUT2D eigenvalue weighted by atomic mass is 35.5. The fourth-order valence-corrected chi connectivity index (χ4v) is 2.18. The molecule has 0 unspecified atom stereocenters. The van der Waals surface area contributed by atoms with Gasteiger partial charge in [0.25, 0.3) is 0 Å². The molecule has 4 heteroatoms. The van der Waals surface area contributed by atoms with Gasteiger partial charge in [-0.05, 0) is 36.8 Å². The third kappa shape index (κ3) is 2.84. The first-order valence-corrected chi connectivity index (χ1v) is 6.06. The number of rotatable bonds is 2. The number of carbonyl (C=O) groups excluding carboxylic acids is 1. The van der Waals surface area contributed by atoms with E-state index >= 15 is 0 Å². The highest BCUT2D eigenvalue weighted by Gasteiger charge is 2.14. The maximum absolute atomic E-state index is 11.9. The molecule has 0 saturated carbocycles. The van der Waals surface area contributed by atoms with Crippen LogP contribution in [0.25, 0.3) is 0 Å². The topological polar surface area (TPSA) is 26.3 Å². The van der Waals surface area contributed by atoms with Gasteiger partial charge in [-0.3, -0.25) is 0 Å². The summed E-state index contributed by atoms with van der Waals surface area (Å²) in [5.41, 5.74) is 1.36. The van der Waals surface area contributed by atoms with Crippen LogP contribution in [-0.2, 0) is 0 Å². The summed E-state index contributed by atoms with van der Waals surface area (Å²) in [5, 5.41) is 0.647. The molecule has 0 bridgehead atoms. The second kappa shape index (κ2) is 5.42. The molecule has 2 aromatic rings. The molecule has 2 rings (SSSR count). The largest absolute Gasteiger partial charge is 0.420 e. The van der Waals surface area contributed by atoms with Gasteiger partial charge < -0.3 is 4.74 Å². The Bertz CT molecular complexity index is 557. The summed E-state index contributed by atoms with van der Waals surface area (Å²) in [6.45, 7) is 1.86. The van der Waals surface area contributed by atoms with Crippen LogP contribution in [0.4, 0.5) is 0 Å². The number of hydrogen-bond donors (Lipinski definition) is 0. The molecule has 0 spiro atoms. The maximum Gasteiger partial charge on any atom is 0.343 e. The molecule has 0 heterocycles. The molecule has 0 aliphatic rings. The van der Waals surface area contributed by atoms with Gasteiger partial charge >= 0.3 is 5.97 Å². The second-order valence-electron chi connectivity index (χ2n) is 3.81. The van der Waals surface area contributed by atoms with Crippen LogP contribution in [0.15, 0.2) is 42.5 Å². The Kier molecular flexibility index (Phi) is 3.90. The lowest BCUT2D eigenvalue weighted by Gasteiger charge is -2.09. The average Bonchev–Trinajstić information content (AvgIpc) is 2.34. The molecule has 0 aliphatic heterocycles. The molecule has 0 radical (unpaired) electrons. The molecular weight excluding hydrogens is 271 g/mol. The monoisotopic (exact) mass is 280 g/mol. The summed E-state index contributed by atoms with van der Waals surface area (Å²) in [7, 11) is 0. The third-order valence-corrected chi connectivity index (χ3v) is 2.91. The Morgan fingerprint density at radius 2 is 1.61 bits per heavy atom. The van der Waals surface area contributed by atoms with Crippen LogP contribution >= 0.6 is 23.2 Å². The number of carbonyl (C=O) groups is 1. The van der Waals surface area contributed by atoms with Gasteiger partial charge in [-0.1, -0.05) is 41.4 Å². The van der Waals surface area contributed by atoms with E-state index in [0.717, 1.165) is 5.56 Å². The molecule has 2 aromatic carbocycles. The summed E-state index contributed by atoms with van der Waals surface area (Å²) in [6.07, 6.45) is 0. The van der Waals surface area contributed by atoms with Gasteiger partial charge in [0.05, 0.1) is 15.6 Å². The van der Waals surface area contributed by atoms with E-state index in [0.29, 0.717) is 15.6 Å². The summed E-state index contributed by atoms with van der Waals surface area (Å²) in [6, 6.07) is 12.1. The lowest BCUT2D eigenvalue weighted by molar-refractivity contribution is 0.0735. The summed E-state index contributed by atoms with van der Waals surface area (Å²) in [4.78, 5) is 11.9. The van der Waals surface area contributed by atoms with Gasteiger partial charge in [-0.2, -0.15) is 0 Å². The van der Waals surface area contributed by atoms with E-state index in [9.17, 15) is 4.79 Å². The van der Waals surface area contributed by atoms with E-state index in [-0.39, 0.29) is 5.75 Å². The average molecular weight is 281 g/mol. The molecule has 0 atom stereocenters. The van der Waals surface area contributed by atoms with Gasteiger partial charge in [0.1, 0.15) is 0 Å². The van der Waals surface area contributed by atoms with Crippen LogP contribution in [0.5, 0.6) is 5.75 Å². The molecule has 0 N–H and O–H groups in total. The van der Waals surface area contributed by atoms with E-state index in [2.05, 4.69) is 0 Å². The number of esters is 1. The number of halogens is 2. The lowest BCUT2D eigenvalue weighted by Crippen LogP contribution is -2.08. The van der Waals surface area contributed by atoms with Crippen molar-refractivity contribution in [2.45, 2.75) is 6.92 Å². The van der Waals surface area contributed by atoms with Crippen molar-refractivity contribution in [2.24, 2.45) is 0 Å². The fraction of sp³-hybridized carbons (Fsp3) is 0.0714. The van der Waals surface area contributed by atoms with Crippen LogP contribution in [-0.4, -0.2) is 5.97 Å². The molecule has 92 valence electrons. The smallest absolute Gasteiger partial charge is 0.343 e. The Morgan fingerprint density at radius 1 is 1.06 bits per heavy atom. The zero-order chi connectivity index (χ0) is 13.1. The van der Waals surface area contributed by atoms with Crippen molar-refractivity contribution < 1.29 is 9.53 Å². The molecule has 0 aromatic heterocycles. The van der Waals surface area contributed by atoms with Gasteiger partial charge in [-0.15, -0.1) is 0 Å². The molecule has 18 heavy (non-hydrogen) atoms. The van der Waals surface area contributed by atoms with Crippen LogP contribution < -0.4 is 4.74 Å². The van der Waals surface area contributed by atoms with Gasteiger partial charge in [0.2, 0.25) is 0 Å². The molecule has 2 nitrogen and oxygen atoms in total. The quantitative estimate of drug-likeness (QED) is 0.597. The number of ether oxygens (including phenoxy) is 1. The summed E-state index contributed by atoms with van der Waals surface area (Å²) in [5.74, 6) is -0.291. The SMILES string of the molecule is Cc1cc(Cl)c(OC(=O)c2ccccc2)c(Cl)c1.